The lowest BCUT2D eigenvalue weighted by molar-refractivity contribution is 0.0588. The predicted octanol–water partition coefficient (Wildman–Crippen LogP) is 16.1. The van der Waals surface area contributed by atoms with E-state index in [4.69, 9.17) is 52.6 Å². The molecule has 6 rings (SSSR count). The molecule has 0 saturated carbocycles. The normalized spacial score (nSPS) is 10.1. The molecule has 2 N–H and O–H groups in total. The van der Waals surface area contributed by atoms with Crippen molar-refractivity contribution in [2.75, 3.05) is 71.1 Å². The molecule has 0 spiro atoms. The fourth-order valence-electron chi connectivity index (χ4n) is 11.1. The third-order valence-electron chi connectivity index (χ3n) is 14.6. The van der Waals surface area contributed by atoms with Crippen molar-refractivity contribution >= 4 is 95.9 Å². The Balaban J connectivity index is 0.000000439. The van der Waals surface area contributed by atoms with Gasteiger partial charge in [-0.25, -0.2) is 28.8 Å². The van der Waals surface area contributed by atoms with E-state index in [-0.39, 0.29) is 11.1 Å². The Labute approximate surface area is 552 Å². The van der Waals surface area contributed by atoms with Crippen molar-refractivity contribution in [2.24, 2.45) is 0 Å². The lowest BCUT2D eigenvalue weighted by Crippen LogP contribution is -2.14. The molecule has 480 valence electrons. The van der Waals surface area contributed by atoms with E-state index < -0.39 is 35.8 Å². The number of carbonyl (C=O) groups excluding carboxylic acids is 4. The van der Waals surface area contributed by atoms with Crippen LogP contribution >= 0.6 is 60.1 Å². The maximum absolute atomic E-state index is 12.8. The van der Waals surface area contributed by atoms with Gasteiger partial charge in [-0.05, 0) is 161 Å². The minimum atomic E-state index is -1.14. The van der Waals surface area contributed by atoms with E-state index >= 15 is 0 Å². The molecular weight excluding hydrogens is 1410 g/mol. The molecule has 0 aromatic heterocycles. The molecule has 0 amide bonds. The van der Waals surface area contributed by atoms with E-state index in [0.29, 0.717) is 132 Å². The van der Waals surface area contributed by atoms with Crippen molar-refractivity contribution < 1.29 is 86.3 Å². The third kappa shape index (κ3) is 15.9. The Bertz CT molecular complexity index is 3530. The predicted molar refractivity (Wildman–Crippen MR) is 356 cm³/mol. The van der Waals surface area contributed by atoms with Crippen LogP contribution in [0.25, 0.3) is 33.4 Å². The van der Waals surface area contributed by atoms with E-state index in [0.717, 1.165) is 33.4 Å². The average molecular weight is 1490 g/mol. The SMILES string of the molecule is BrBr.CC#N.COC(=O)c1c(Br)c(C)c(OC)c(C)c1-c1c(C)c(OC)c(C)c(Br)c1C(=O)OC.COC(=O)c1cc(C)c(OC)c(C)c1-c1c(C(=O)OC)cc(C)c(OC)c1C.COc1c(C)cc(C(=O)O)c(-c2c(C(=O)O)cc(C)c(OC)c2C)c1C. The molecule has 6 aromatic carbocycles. The Morgan fingerprint density at radius 3 is 0.730 bits per heavy atom. The zero-order valence-corrected chi connectivity index (χ0v) is 60.5. The van der Waals surface area contributed by atoms with Gasteiger partial charge in [-0.1, -0.05) is 0 Å². The number of carboxylic acid groups (broad SMARTS) is 2. The smallest absolute Gasteiger partial charge is 0.339 e. The van der Waals surface area contributed by atoms with Crippen LogP contribution in [0.4, 0.5) is 0 Å². The molecule has 0 unspecified atom stereocenters. The summed E-state index contributed by atoms with van der Waals surface area (Å²) in [6, 6.07) is 8.17. The van der Waals surface area contributed by atoms with E-state index in [1.165, 1.54) is 61.7 Å². The summed E-state index contributed by atoms with van der Waals surface area (Å²) in [5.74, 6) is -0.847. The monoisotopic (exact) mass is 1490 g/mol. The van der Waals surface area contributed by atoms with E-state index in [1.54, 1.807) is 74.3 Å². The Hall–Kier alpha value is -7.65. The van der Waals surface area contributed by atoms with Crippen molar-refractivity contribution in [2.45, 2.75) is 90.0 Å². The molecule has 0 saturated heterocycles. The van der Waals surface area contributed by atoms with Gasteiger partial charge in [-0.3, -0.25) is 0 Å². The summed E-state index contributed by atoms with van der Waals surface area (Å²) in [5, 5.41) is 26.8. The largest absolute Gasteiger partial charge is 0.496 e. The van der Waals surface area contributed by atoms with Crippen LogP contribution in [0.2, 0.25) is 0 Å². The van der Waals surface area contributed by atoms with Gasteiger partial charge in [-0.2, -0.15) is 5.26 Å². The first-order valence-electron chi connectivity index (χ1n) is 26.6. The Morgan fingerprint density at radius 1 is 0.348 bits per heavy atom. The van der Waals surface area contributed by atoms with E-state index in [2.05, 4.69) is 60.1 Å². The number of aromatic carboxylic acids is 2. The van der Waals surface area contributed by atoms with Crippen LogP contribution in [-0.4, -0.2) is 117 Å². The van der Waals surface area contributed by atoms with Gasteiger partial charge in [0.1, 0.15) is 34.5 Å². The molecule has 89 heavy (non-hydrogen) atoms. The first-order valence-corrected chi connectivity index (χ1v) is 31.9. The summed E-state index contributed by atoms with van der Waals surface area (Å²) in [6.07, 6.45) is 0. The van der Waals surface area contributed by atoms with Crippen LogP contribution in [0.3, 0.4) is 0 Å². The number of nitriles is 1. The number of aryl methyl sites for hydroxylation is 4. The quantitative estimate of drug-likeness (QED) is 0.0715. The number of halogens is 4. The highest BCUT2D eigenvalue weighted by atomic mass is 80.9. The minimum Gasteiger partial charge on any atom is -0.496 e. The number of hydrogen-bond donors (Lipinski definition) is 2. The van der Waals surface area contributed by atoms with Gasteiger partial charge in [0.25, 0.3) is 0 Å². The number of rotatable bonds is 15. The summed E-state index contributed by atoms with van der Waals surface area (Å²) in [7, 11) is 14.5. The van der Waals surface area contributed by atoms with Crippen LogP contribution in [0.15, 0.2) is 33.2 Å². The Kier molecular flexibility index (Phi) is 29.9. The lowest BCUT2D eigenvalue weighted by atomic mass is 9.85. The molecule has 0 heterocycles. The van der Waals surface area contributed by atoms with Crippen molar-refractivity contribution in [3.63, 3.8) is 0 Å². The number of ether oxygens (including phenoxy) is 10. The highest BCUT2D eigenvalue weighted by molar-refractivity contribution is 9.93. The number of esters is 4. The number of methoxy groups -OCH3 is 10. The summed E-state index contributed by atoms with van der Waals surface area (Å²) in [5.41, 5.74) is 12.5. The van der Waals surface area contributed by atoms with Gasteiger partial charge in [0.15, 0.2) is 0 Å². The third-order valence-corrected chi connectivity index (χ3v) is 16.5. The van der Waals surface area contributed by atoms with E-state index in [9.17, 15) is 39.0 Å². The number of carboxylic acids is 2. The minimum absolute atomic E-state index is 0.0253. The fraction of sp³-hybridized carbons (Fsp3) is 0.348. The molecule has 0 radical (unpaired) electrons. The topological polar surface area (TPSA) is 259 Å². The number of carbonyl (C=O) groups is 6. The van der Waals surface area contributed by atoms with Crippen LogP contribution < -0.4 is 28.4 Å². The Morgan fingerprint density at radius 2 is 0.539 bits per heavy atom. The maximum atomic E-state index is 12.8. The van der Waals surface area contributed by atoms with Gasteiger partial charge in [0.2, 0.25) is 0 Å². The molecule has 23 heteroatoms. The fourth-order valence-corrected chi connectivity index (χ4v) is 12.1. The van der Waals surface area contributed by atoms with Gasteiger partial charge in [0.05, 0.1) is 111 Å². The van der Waals surface area contributed by atoms with Gasteiger partial charge in [-0.15, -0.1) is 0 Å². The summed E-state index contributed by atoms with van der Waals surface area (Å²) >= 11 is 12.6. The average Bonchev–Trinajstić information content (AvgIpc) is 0.786. The van der Waals surface area contributed by atoms with Crippen LogP contribution in [0, 0.1) is 94.4 Å². The summed E-state index contributed by atoms with van der Waals surface area (Å²) in [4.78, 5) is 74.7. The van der Waals surface area contributed by atoms with Gasteiger partial charge < -0.3 is 57.6 Å². The first-order chi connectivity index (χ1) is 41.9. The molecule has 19 nitrogen and oxygen atoms in total. The second-order valence-corrected chi connectivity index (χ2v) is 21.2. The molecule has 0 atom stereocenters. The highest BCUT2D eigenvalue weighted by Crippen LogP contribution is 2.50. The van der Waals surface area contributed by atoms with Crippen LogP contribution in [-0.2, 0) is 18.9 Å². The van der Waals surface area contributed by atoms with Crippen molar-refractivity contribution in [1.82, 2.24) is 0 Å². The standard InChI is InChI=1S/C22H24Br2O6.C22H26O6.C20H22O6.C2H3N.Br2/c1-9-13(15(21(25)29-7)17(23)11(3)19(9)27-5)14-10(2)20(28-6)12(4)18(24)16(14)22(26)30-8;1-11-9-15(21(23)27-7)17(13(3)19(11)25-5)18-14(4)20(26-6)12(2)10-16(18)22(24)28-8;1-9-7-13(19(21)22)15(11(3)17(9)25-5)16-12(4)18(26-6)10(2)8-14(16)20(23)24;1-2-3;1-2/h1-8H3;9-10H,1-8H3;7-8H,1-6H3,(H,21,22)(H,23,24);1H3;. The molecule has 0 bridgehead atoms. The zero-order chi connectivity index (χ0) is 68.5. The van der Waals surface area contributed by atoms with Crippen molar-refractivity contribution in [1.29, 1.82) is 5.26 Å². The number of nitrogens with zero attached hydrogens (tertiary/aromatic N) is 1. The maximum Gasteiger partial charge on any atom is 0.339 e. The summed E-state index contributed by atoms with van der Waals surface area (Å²) in [6.45, 7) is 23.1. The molecule has 0 fully saturated rings. The van der Waals surface area contributed by atoms with E-state index in [1.807, 2.05) is 55.4 Å². The lowest BCUT2D eigenvalue weighted by Gasteiger charge is -2.25. The zero-order valence-electron chi connectivity index (χ0n) is 54.2. The molecule has 6 aromatic rings. The highest BCUT2D eigenvalue weighted by Gasteiger charge is 2.34. The molecule has 0 aliphatic rings. The molecule has 0 aliphatic carbocycles. The molecular formula is C66H75Br4NO18. The van der Waals surface area contributed by atoms with Crippen LogP contribution in [0.1, 0.15) is 136 Å². The van der Waals surface area contributed by atoms with Crippen molar-refractivity contribution in [3.8, 4) is 73.9 Å². The second-order valence-electron chi connectivity index (χ2n) is 19.6. The van der Waals surface area contributed by atoms with Crippen molar-refractivity contribution in [3.05, 3.63) is 133 Å². The number of benzene rings is 6. The second kappa shape index (κ2) is 34.4. The molecule has 0 aliphatic heterocycles. The number of hydrogen-bond acceptors (Lipinski definition) is 17. The van der Waals surface area contributed by atoms with Gasteiger partial charge in [0, 0.05) is 122 Å². The van der Waals surface area contributed by atoms with Gasteiger partial charge >= 0.3 is 35.8 Å². The summed E-state index contributed by atoms with van der Waals surface area (Å²) < 4.78 is 54.4. The first kappa shape index (κ1) is 77.4. The van der Waals surface area contributed by atoms with Crippen LogP contribution in [0.5, 0.6) is 34.5 Å².